The van der Waals surface area contributed by atoms with Crippen LogP contribution >= 0.6 is 15.9 Å². The lowest BCUT2D eigenvalue weighted by atomic mass is 9.82. The molecule has 1 aromatic carbocycles. The van der Waals surface area contributed by atoms with Crippen LogP contribution in [0.4, 0.5) is 10.1 Å². The van der Waals surface area contributed by atoms with Gasteiger partial charge in [-0.3, -0.25) is 4.79 Å². The Kier molecular flexibility index (Phi) is 4.05. The molecule has 1 aliphatic carbocycles. The van der Waals surface area contributed by atoms with E-state index in [1.807, 2.05) is 0 Å². The predicted octanol–water partition coefficient (Wildman–Crippen LogP) is 4.50. The van der Waals surface area contributed by atoms with Crippen LogP contribution in [-0.2, 0) is 4.79 Å². The van der Waals surface area contributed by atoms with Crippen molar-refractivity contribution in [3.8, 4) is 0 Å². The molecule has 1 N–H and O–H groups in total. The van der Waals surface area contributed by atoms with E-state index in [1.165, 1.54) is 6.07 Å². The zero-order chi connectivity index (χ0) is 13.2. The van der Waals surface area contributed by atoms with E-state index in [0.29, 0.717) is 10.2 Å². The Morgan fingerprint density at radius 3 is 2.67 bits per heavy atom. The van der Waals surface area contributed by atoms with Gasteiger partial charge in [0.2, 0.25) is 5.91 Å². The minimum atomic E-state index is -0.320. The lowest BCUT2D eigenvalue weighted by molar-refractivity contribution is -0.125. The number of hydrogen-bond donors (Lipinski definition) is 1. The summed E-state index contributed by atoms with van der Waals surface area (Å²) in [5, 5.41) is 2.91. The largest absolute Gasteiger partial charge is 0.326 e. The SMILES string of the molecule is CCC1(C(=O)Nc2ccc(F)c(Br)c2)CCCC1. The van der Waals surface area contributed by atoms with Crippen molar-refractivity contribution >= 4 is 27.5 Å². The van der Waals surface area contributed by atoms with Crippen molar-refractivity contribution in [1.82, 2.24) is 0 Å². The second kappa shape index (κ2) is 5.39. The summed E-state index contributed by atoms with van der Waals surface area (Å²) in [5.41, 5.74) is 0.425. The molecule has 0 bridgehead atoms. The first-order valence-corrected chi connectivity index (χ1v) is 7.13. The van der Waals surface area contributed by atoms with Gasteiger partial charge in [-0.2, -0.15) is 0 Å². The second-order valence-electron chi connectivity index (χ2n) is 4.92. The molecule has 0 radical (unpaired) electrons. The monoisotopic (exact) mass is 313 g/mol. The van der Waals surface area contributed by atoms with E-state index in [-0.39, 0.29) is 17.1 Å². The first-order chi connectivity index (χ1) is 8.57. The van der Waals surface area contributed by atoms with E-state index in [1.54, 1.807) is 12.1 Å². The van der Waals surface area contributed by atoms with Gasteiger partial charge in [0.1, 0.15) is 5.82 Å². The maximum atomic E-state index is 13.1. The maximum absolute atomic E-state index is 13.1. The van der Waals surface area contributed by atoms with E-state index < -0.39 is 0 Å². The fraction of sp³-hybridized carbons (Fsp3) is 0.500. The molecule has 1 aromatic rings. The zero-order valence-corrected chi connectivity index (χ0v) is 12.0. The van der Waals surface area contributed by atoms with Crippen molar-refractivity contribution in [3.05, 3.63) is 28.5 Å². The summed E-state index contributed by atoms with van der Waals surface area (Å²) >= 11 is 3.12. The standard InChI is InChI=1S/C14H17BrFNO/c1-2-14(7-3-4-8-14)13(18)17-10-5-6-12(16)11(15)9-10/h5-6,9H,2-4,7-8H2,1H3,(H,17,18). The number of anilines is 1. The summed E-state index contributed by atoms with van der Waals surface area (Å²) in [6, 6.07) is 4.55. The molecular weight excluding hydrogens is 297 g/mol. The van der Waals surface area contributed by atoms with Crippen molar-refractivity contribution in [2.45, 2.75) is 39.0 Å². The topological polar surface area (TPSA) is 29.1 Å². The second-order valence-corrected chi connectivity index (χ2v) is 5.78. The Balaban J connectivity index is 2.13. The highest BCUT2D eigenvalue weighted by atomic mass is 79.9. The Morgan fingerprint density at radius 1 is 1.44 bits per heavy atom. The van der Waals surface area contributed by atoms with Gasteiger partial charge >= 0.3 is 0 Å². The zero-order valence-electron chi connectivity index (χ0n) is 10.4. The number of halogens is 2. The number of nitrogens with one attached hydrogen (secondary N) is 1. The first kappa shape index (κ1) is 13.5. The predicted molar refractivity (Wildman–Crippen MR) is 73.9 cm³/mol. The molecule has 0 aliphatic heterocycles. The number of amides is 1. The van der Waals surface area contributed by atoms with Crippen LogP contribution in [0.15, 0.2) is 22.7 Å². The highest BCUT2D eigenvalue weighted by Crippen LogP contribution is 2.41. The van der Waals surface area contributed by atoms with Gasteiger partial charge in [0.25, 0.3) is 0 Å². The molecule has 0 saturated heterocycles. The van der Waals surface area contributed by atoms with Gasteiger partial charge in [0.05, 0.1) is 4.47 Å². The highest BCUT2D eigenvalue weighted by Gasteiger charge is 2.39. The molecule has 0 spiro atoms. The molecule has 0 atom stereocenters. The van der Waals surface area contributed by atoms with Gasteiger partial charge in [-0.05, 0) is 53.4 Å². The van der Waals surface area contributed by atoms with Crippen molar-refractivity contribution in [1.29, 1.82) is 0 Å². The van der Waals surface area contributed by atoms with Crippen LogP contribution in [0.3, 0.4) is 0 Å². The third kappa shape index (κ3) is 2.58. The molecule has 0 heterocycles. The summed E-state index contributed by atoms with van der Waals surface area (Å²) in [6.07, 6.45) is 5.01. The van der Waals surface area contributed by atoms with E-state index in [4.69, 9.17) is 0 Å². The molecule has 1 saturated carbocycles. The van der Waals surface area contributed by atoms with Gasteiger partial charge in [-0.25, -0.2) is 4.39 Å². The van der Waals surface area contributed by atoms with E-state index in [2.05, 4.69) is 28.2 Å². The summed E-state index contributed by atoms with van der Waals surface area (Å²) in [7, 11) is 0. The molecule has 1 fully saturated rings. The average Bonchev–Trinajstić information content (AvgIpc) is 2.84. The smallest absolute Gasteiger partial charge is 0.230 e. The molecule has 1 aliphatic rings. The van der Waals surface area contributed by atoms with Crippen LogP contribution in [0.1, 0.15) is 39.0 Å². The molecule has 18 heavy (non-hydrogen) atoms. The number of carbonyl (C=O) groups excluding carboxylic acids is 1. The van der Waals surface area contributed by atoms with Crippen molar-refractivity contribution in [3.63, 3.8) is 0 Å². The van der Waals surface area contributed by atoms with Crippen LogP contribution in [0.5, 0.6) is 0 Å². The van der Waals surface area contributed by atoms with Gasteiger partial charge in [0.15, 0.2) is 0 Å². The fourth-order valence-corrected chi connectivity index (χ4v) is 3.01. The molecule has 0 unspecified atom stereocenters. The Hall–Kier alpha value is -0.900. The first-order valence-electron chi connectivity index (χ1n) is 6.34. The molecule has 1 amide bonds. The average molecular weight is 314 g/mol. The maximum Gasteiger partial charge on any atom is 0.230 e. The summed E-state index contributed by atoms with van der Waals surface area (Å²) in [6.45, 7) is 2.06. The molecule has 2 rings (SSSR count). The Bertz CT molecular complexity index is 455. The Morgan fingerprint density at radius 2 is 2.11 bits per heavy atom. The third-order valence-electron chi connectivity index (χ3n) is 3.90. The number of hydrogen-bond acceptors (Lipinski definition) is 1. The van der Waals surface area contributed by atoms with Crippen LogP contribution in [0.2, 0.25) is 0 Å². The van der Waals surface area contributed by atoms with Crippen molar-refractivity contribution < 1.29 is 9.18 Å². The lowest BCUT2D eigenvalue weighted by Gasteiger charge is -2.26. The number of rotatable bonds is 3. The normalized spacial score (nSPS) is 17.7. The summed E-state index contributed by atoms with van der Waals surface area (Å²) < 4.78 is 13.5. The van der Waals surface area contributed by atoms with Crippen LogP contribution in [0.25, 0.3) is 0 Å². The lowest BCUT2D eigenvalue weighted by Crippen LogP contribution is -2.33. The van der Waals surface area contributed by atoms with Gasteiger partial charge in [-0.1, -0.05) is 19.8 Å². The quantitative estimate of drug-likeness (QED) is 0.874. The molecule has 98 valence electrons. The van der Waals surface area contributed by atoms with Crippen LogP contribution < -0.4 is 5.32 Å². The molecule has 2 nitrogen and oxygen atoms in total. The minimum absolute atomic E-state index is 0.0704. The van der Waals surface area contributed by atoms with E-state index >= 15 is 0 Å². The van der Waals surface area contributed by atoms with Gasteiger partial charge < -0.3 is 5.32 Å². The van der Waals surface area contributed by atoms with E-state index in [0.717, 1.165) is 32.1 Å². The van der Waals surface area contributed by atoms with Crippen LogP contribution in [-0.4, -0.2) is 5.91 Å². The highest BCUT2D eigenvalue weighted by molar-refractivity contribution is 9.10. The minimum Gasteiger partial charge on any atom is -0.326 e. The van der Waals surface area contributed by atoms with Crippen molar-refractivity contribution in [2.75, 3.05) is 5.32 Å². The molecule has 4 heteroatoms. The third-order valence-corrected chi connectivity index (χ3v) is 4.50. The van der Waals surface area contributed by atoms with E-state index in [9.17, 15) is 9.18 Å². The van der Waals surface area contributed by atoms with Gasteiger partial charge in [-0.15, -0.1) is 0 Å². The van der Waals surface area contributed by atoms with Gasteiger partial charge in [0, 0.05) is 11.1 Å². The fourth-order valence-electron chi connectivity index (χ4n) is 2.63. The summed E-state index contributed by atoms with van der Waals surface area (Å²) in [5.74, 6) is -0.250. The Labute approximate surface area is 115 Å². The number of carbonyl (C=O) groups is 1. The molecular formula is C14H17BrFNO. The van der Waals surface area contributed by atoms with Crippen LogP contribution in [0, 0.1) is 11.2 Å². The van der Waals surface area contributed by atoms with Crippen molar-refractivity contribution in [2.24, 2.45) is 5.41 Å². The number of benzene rings is 1. The summed E-state index contributed by atoms with van der Waals surface area (Å²) in [4.78, 5) is 12.3. The molecule has 0 aromatic heterocycles.